The van der Waals surface area contributed by atoms with Gasteiger partial charge < -0.3 is 0 Å². The molecule has 0 unspecified atom stereocenters. The molecule has 0 aliphatic rings. The van der Waals surface area contributed by atoms with Crippen LogP contribution in [-0.4, -0.2) is 69.2 Å². The molecule has 1 aromatic heterocycles. The van der Waals surface area contributed by atoms with Crippen molar-refractivity contribution in [3.8, 4) is 5.75 Å². The molecule has 3 radical (unpaired) electrons. The molecular weight excluding hydrogens is 465 g/mol. The monoisotopic (exact) mass is 486 g/mol. The molecule has 6 heteroatoms. The van der Waals surface area contributed by atoms with Crippen LogP contribution in [0.1, 0.15) is 13.8 Å². The Morgan fingerprint density at radius 3 is 2.70 bits per heavy atom. The quantitative estimate of drug-likeness (QED) is 0.564. The van der Waals surface area contributed by atoms with Gasteiger partial charge in [0, 0.05) is 0 Å². The zero-order chi connectivity index (χ0) is 14.5. The van der Waals surface area contributed by atoms with Gasteiger partial charge in [-0.25, -0.2) is 0 Å². The summed E-state index contributed by atoms with van der Waals surface area (Å²) in [6.07, 6.45) is 0. The van der Waals surface area contributed by atoms with Crippen LogP contribution in [0.5, 0.6) is 5.75 Å². The predicted octanol–water partition coefficient (Wildman–Crippen LogP) is 2.54. The van der Waals surface area contributed by atoms with E-state index in [-0.39, 0.29) is 0 Å². The van der Waals surface area contributed by atoms with Crippen molar-refractivity contribution in [1.82, 2.24) is 9.88 Å². The van der Waals surface area contributed by atoms with Crippen LogP contribution in [0.25, 0.3) is 10.2 Å². The van der Waals surface area contributed by atoms with Gasteiger partial charge in [-0.1, -0.05) is 0 Å². The summed E-state index contributed by atoms with van der Waals surface area (Å²) in [7, 11) is 2.07. The zero-order valence-electron chi connectivity index (χ0n) is 12.2. The molecule has 107 valence electrons. The summed E-state index contributed by atoms with van der Waals surface area (Å²) in [5, 5.41) is 1.09. The fourth-order valence-corrected chi connectivity index (χ4v) is 3.56. The molecular formula is C14H20N3OPbS. The predicted molar refractivity (Wildman–Crippen MR) is 87.1 cm³/mol. The van der Waals surface area contributed by atoms with E-state index in [1.165, 1.54) is 4.70 Å². The minimum atomic E-state index is 0.736. The number of anilines is 1. The molecule has 0 fully saturated rings. The second-order valence-corrected chi connectivity index (χ2v) is 8.18. The number of hydrogen-bond acceptors (Lipinski definition) is 5. The summed E-state index contributed by atoms with van der Waals surface area (Å²) < 4.78 is 9.22. The van der Waals surface area contributed by atoms with E-state index in [9.17, 15) is 0 Å². The molecule has 0 aliphatic carbocycles. The minimum absolute atomic E-state index is 0.736. The van der Waals surface area contributed by atoms with Crippen LogP contribution in [0, 0.1) is 0 Å². The molecule has 0 bridgehead atoms. The summed E-state index contributed by atoms with van der Waals surface area (Å²) in [4.78, 5) is 6.96. The van der Waals surface area contributed by atoms with Crippen molar-refractivity contribution in [3.05, 3.63) is 18.2 Å². The SMILES string of the molecule is CCN(CC)CCOc1ccc2nc([N](C)[Pb])sc2c1. The molecule has 1 heterocycles. The Balaban J connectivity index is 2.00. The Morgan fingerprint density at radius 2 is 2.05 bits per heavy atom. The van der Waals surface area contributed by atoms with Crippen LogP contribution in [0.15, 0.2) is 18.2 Å². The second kappa shape index (κ2) is 7.56. The maximum absolute atomic E-state index is 5.85. The van der Waals surface area contributed by atoms with Crippen LogP contribution in [0.2, 0.25) is 0 Å². The molecule has 0 N–H and O–H groups in total. The molecule has 2 aromatic rings. The second-order valence-electron chi connectivity index (χ2n) is 4.56. The van der Waals surface area contributed by atoms with Gasteiger partial charge in [-0.3, -0.25) is 0 Å². The van der Waals surface area contributed by atoms with Gasteiger partial charge in [-0.05, 0) is 0 Å². The summed E-state index contributed by atoms with van der Waals surface area (Å²) in [6.45, 7) is 8.22. The summed E-state index contributed by atoms with van der Waals surface area (Å²) in [5.74, 6) is 0.941. The van der Waals surface area contributed by atoms with Gasteiger partial charge in [-0.2, -0.15) is 0 Å². The van der Waals surface area contributed by atoms with Gasteiger partial charge >= 0.3 is 141 Å². The Bertz CT molecular complexity index is 554. The Labute approximate surface area is 140 Å². The normalized spacial score (nSPS) is 11.2. The van der Waals surface area contributed by atoms with Gasteiger partial charge in [0.05, 0.1) is 0 Å². The first kappa shape index (κ1) is 16.0. The third-order valence-corrected chi connectivity index (χ3v) is 5.75. The summed E-state index contributed by atoms with van der Waals surface area (Å²) in [6, 6.07) is 6.16. The van der Waals surface area contributed by atoms with E-state index in [1.807, 2.05) is 12.1 Å². The third-order valence-electron chi connectivity index (χ3n) is 3.21. The number of benzene rings is 1. The van der Waals surface area contributed by atoms with Gasteiger partial charge in [0.15, 0.2) is 0 Å². The van der Waals surface area contributed by atoms with Crippen molar-refractivity contribution in [1.29, 1.82) is 0 Å². The number of thiazole rings is 1. The van der Waals surface area contributed by atoms with Crippen molar-refractivity contribution < 1.29 is 4.74 Å². The average molecular weight is 486 g/mol. The van der Waals surface area contributed by atoms with Crippen LogP contribution >= 0.6 is 11.3 Å². The van der Waals surface area contributed by atoms with E-state index in [4.69, 9.17) is 4.74 Å². The van der Waals surface area contributed by atoms with Crippen LogP contribution in [-0.2, 0) is 0 Å². The molecule has 1 aromatic carbocycles. The van der Waals surface area contributed by atoms with Crippen LogP contribution < -0.4 is 7.45 Å². The fourth-order valence-electron chi connectivity index (χ4n) is 1.96. The van der Waals surface area contributed by atoms with Crippen molar-refractivity contribution in [3.63, 3.8) is 0 Å². The molecule has 0 atom stereocenters. The molecule has 2 rings (SSSR count). The number of rotatable bonds is 7. The summed E-state index contributed by atoms with van der Waals surface area (Å²) >= 11 is 2.72. The maximum atomic E-state index is 5.85. The van der Waals surface area contributed by atoms with E-state index in [2.05, 4.69) is 39.6 Å². The van der Waals surface area contributed by atoms with Crippen molar-refractivity contribution in [2.45, 2.75) is 13.8 Å². The number of nitrogens with zero attached hydrogens (tertiary/aromatic N) is 3. The Hall–Kier alpha value is -0.408. The third kappa shape index (κ3) is 4.05. The van der Waals surface area contributed by atoms with Crippen LogP contribution in [0.3, 0.4) is 0 Å². The number of likely N-dealkylation sites (N-methyl/N-ethyl adjacent to an activating group) is 1. The molecule has 20 heavy (non-hydrogen) atoms. The van der Waals surface area contributed by atoms with Gasteiger partial charge in [0.25, 0.3) is 0 Å². The molecule has 0 amide bonds. The first-order valence-electron chi connectivity index (χ1n) is 6.84. The fraction of sp³-hybridized carbons (Fsp3) is 0.500. The number of hydrogen-bond donors (Lipinski definition) is 0. The van der Waals surface area contributed by atoms with Crippen molar-refractivity contribution in [2.24, 2.45) is 0 Å². The van der Waals surface area contributed by atoms with E-state index >= 15 is 0 Å². The van der Waals surface area contributed by atoms with E-state index in [1.54, 1.807) is 11.3 Å². The van der Waals surface area contributed by atoms with Gasteiger partial charge in [0.2, 0.25) is 0 Å². The van der Waals surface area contributed by atoms with Gasteiger partial charge in [0.1, 0.15) is 0 Å². The molecule has 0 saturated heterocycles. The standard InChI is InChI=1S/C14H20N3OS.Pb/c1-4-17(5-2)8-9-18-11-6-7-12-13(10-11)19-14(15-3)16-12;/h6-7,10H,4-5,8-9H2,1-3H3;/q-1;+1. The first-order valence-corrected chi connectivity index (χ1v) is 9.40. The zero-order valence-corrected chi connectivity index (χ0v) is 16.9. The summed E-state index contributed by atoms with van der Waals surface area (Å²) in [5.41, 5.74) is 1.06. The van der Waals surface area contributed by atoms with E-state index in [0.29, 0.717) is 0 Å². The van der Waals surface area contributed by atoms with E-state index in [0.717, 1.165) is 68.7 Å². The first-order chi connectivity index (χ1) is 9.63. The Kier molecular flexibility index (Phi) is 6.04. The van der Waals surface area contributed by atoms with Gasteiger partial charge in [-0.15, -0.1) is 0 Å². The Morgan fingerprint density at radius 1 is 1.30 bits per heavy atom. The van der Waals surface area contributed by atoms with Crippen LogP contribution in [0.4, 0.5) is 5.13 Å². The molecule has 0 aliphatic heterocycles. The number of ether oxygens (including phenoxy) is 1. The van der Waals surface area contributed by atoms with Crippen molar-refractivity contribution >= 4 is 52.8 Å². The number of aromatic nitrogens is 1. The van der Waals surface area contributed by atoms with E-state index < -0.39 is 0 Å². The van der Waals surface area contributed by atoms with Crippen molar-refractivity contribution in [2.75, 3.05) is 36.0 Å². The molecule has 0 spiro atoms. The molecule has 4 nitrogen and oxygen atoms in total. The topological polar surface area (TPSA) is 28.6 Å². The molecule has 0 saturated carbocycles. The average Bonchev–Trinajstić information content (AvgIpc) is 2.87. The number of fused-ring (bicyclic) bond motifs is 1.